The normalized spacial score (nSPS) is 13.7. The third-order valence-corrected chi connectivity index (χ3v) is 3.11. The molecule has 0 saturated heterocycles. The maximum absolute atomic E-state index is 12.1. The largest absolute Gasteiger partial charge is 0.466 e. The van der Waals surface area contributed by atoms with Gasteiger partial charge in [-0.05, 0) is 26.2 Å². The van der Waals surface area contributed by atoms with Crippen LogP contribution in [0, 0.1) is 5.92 Å². The van der Waals surface area contributed by atoms with Gasteiger partial charge in [-0.2, -0.15) is 0 Å². The summed E-state index contributed by atoms with van der Waals surface area (Å²) in [6.07, 6.45) is 2.81. The molecule has 1 saturated carbocycles. The Morgan fingerprint density at radius 2 is 1.95 bits per heavy atom. The standard InChI is InChI=1S/C14H24N2O4/c1-3-20-13(18)7-10-16(14(19)12-5-6-12)9-4-8-15-11(2)17/h12H,3-10H2,1-2H3,(H,15,17). The summed E-state index contributed by atoms with van der Waals surface area (Å²) in [6.45, 7) is 5.09. The highest BCUT2D eigenvalue weighted by Crippen LogP contribution is 2.31. The molecule has 2 amide bonds. The number of amides is 2. The Morgan fingerprint density at radius 1 is 1.25 bits per heavy atom. The van der Waals surface area contributed by atoms with E-state index in [9.17, 15) is 14.4 Å². The summed E-state index contributed by atoms with van der Waals surface area (Å²) in [4.78, 5) is 35.9. The maximum atomic E-state index is 12.1. The van der Waals surface area contributed by atoms with Gasteiger partial charge in [0.05, 0.1) is 13.0 Å². The molecule has 20 heavy (non-hydrogen) atoms. The fourth-order valence-electron chi connectivity index (χ4n) is 1.91. The van der Waals surface area contributed by atoms with Crippen molar-refractivity contribution >= 4 is 17.8 Å². The molecule has 0 heterocycles. The van der Waals surface area contributed by atoms with Gasteiger partial charge in [-0.1, -0.05) is 0 Å². The lowest BCUT2D eigenvalue weighted by atomic mass is 10.2. The van der Waals surface area contributed by atoms with Crippen LogP contribution in [-0.4, -0.2) is 48.9 Å². The van der Waals surface area contributed by atoms with E-state index in [1.54, 1.807) is 11.8 Å². The van der Waals surface area contributed by atoms with Gasteiger partial charge in [0.2, 0.25) is 11.8 Å². The molecule has 0 radical (unpaired) electrons. The molecule has 0 aromatic heterocycles. The smallest absolute Gasteiger partial charge is 0.307 e. The molecule has 114 valence electrons. The molecule has 1 aliphatic carbocycles. The SMILES string of the molecule is CCOC(=O)CCN(CCCNC(C)=O)C(=O)C1CC1. The molecule has 6 heteroatoms. The summed E-state index contributed by atoms with van der Waals surface area (Å²) >= 11 is 0. The zero-order valence-corrected chi connectivity index (χ0v) is 12.3. The van der Waals surface area contributed by atoms with Crippen molar-refractivity contribution in [1.29, 1.82) is 0 Å². The molecular weight excluding hydrogens is 260 g/mol. The fraction of sp³-hybridized carbons (Fsp3) is 0.786. The fourth-order valence-corrected chi connectivity index (χ4v) is 1.91. The summed E-state index contributed by atoms with van der Waals surface area (Å²) in [5.74, 6) is -0.0883. The van der Waals surface area contributed by atoms with E-state index < -0.39 is 0 Å². The molecule has 0 atom stereocenters. The summed E-state index contributed by atoms with van der Waals surface area (Å²) in [5.41, 5.74) is 0. The van der Waals surface area contributed by atoms with Crippen LogP contribution in [0.5, 0.6) is 0 Å². The van der Waals surface area contributed by atoms with Crippen molar-refractivity contribution < 1.29 is 19.1 Å². The molecule has 0 unspecified atom stereocenters. The van der Waals surface area contributed by atoms with Crippen molar-refractivity contribution in [2.24, 2.45) is 5.92 Å². The molecule has 0 aromatic rings. The monoisotopic (exact) mass is 284 g/mol. The van der Waals surface area contributed by atoms with Crippen LogP contribution < -0.4 is 5.32 Å². The third kappa shape index (κ3) is 6.54. The summed E-state index contributed by atoms with van der Waals surface area (Å²) in [7, 11) is 0. The lowest BCUT2D eigenvalue weighted by Crippen LogP contribution is -2.36. The molecule has 0 bridgehead atoms. The van der Waals surface area contributed by atoms with Gasteiger partial charge >= 0.3 is 5.97 Å². The second-order valence-corrected chi connectivity index (χ2v) is 4.99. The van der Waals surface area contributed by atoms with Crippen molar-refractivity contribution in [2.45, 2.75) is 39.5 Å². The van der Waals surface area contributed by atoms with E-state index in [0.717, 1.165) is 12.8 Å². The van der Waals surface area contributed by atoms with Gasteiger partial charge in [-0.3, -0.25) is 14.4 Å². The number of esters is 1. The molecule has 0 spiro atoms. The van der Waals surface area contributed by atoms with E-state index in [0.29, 0.717) is 32.7 Å². The zero-order valence-electron chi connectivity index (χ0n) is 12.3. The Morgan fingerprint density at radius 3 is 2.50 bits per heavy atom. The van der Waals surface area contributed by atoms with Crippen LogP contribution in [0.4, 0.5) is 0 Å². The lowest BCUT2D eigenvalue weighted by molar-refractivity contribution is -0.144. The Hall–Kier alpha value is -1.59. The quantitative estimate of drug-likeness (QED) is 0.499. The summed E-state index contributed by atoms with van der Waals surface area (Å²) in [6, 6.07) is 0. The first kappa shape index (κ1) is 16.5. The van der Waals surface area contributed by atoms with Crippen LogP contribution >= 0.6 is 0 Å². The number of nitrogens with zero attached hydrogens (tertiary/aromatic N) is 1. The number of ether oxygens (including phenoxy) is 1. The van der Waals surface area contributed by atoms with Crippen molar-refractivity contribution in [1.82, 2.24) is 10.2 Å². The zero-order chi connectivity index (χ0) is 15.0. The van der Waals surface area contributed by atoms with Crippen LogP contribution in [0.15, 0.2) is 0 Å². The van der Waals surface area contributed by atoms with Crippen LogP contribution in [0.2, 0.25) is 0 Å². The molecule has 1 fully saturated rings. The van der Waals surface area contributed by atoms with E-state index in [1.807, 2.05) is 0 Å². The number of rotatable bonds is 9. The molecule has 1 N–H and O–H groups in total. The van der Waals surface area contributed by atoms with Crippen LogP contribution in [0.3, 0.4) is 0 Å². The topological polar surface area (TPSA) is 75.7 Å². The number of hydrogen-bond acceptors (Lipinski definition) is 4. The molecule has 0 aromatic carbocycles. The second kappa shape index (κ2) is 8.55. The maximum Gasteiger partial charge on any atom is 0.307 e. The minimum Gasteiger partial charge on any atom is -0.466 e. The Balaban J connectivity index is 2.33. The van der Waals surface area contributed by atoms with Gasteiger partial charge in [0.1, 0.15) is 0 Å². The van der Waals surface area contributed by atoms with Gasteiger partial charge in [0.25, 0.3) is 0 Å². The Kier molecular flexibility index (Phi) is 7.04. The molecule has 1 aliphatic rings. The predicted octanol–water partition coefficient (Wildman–Crippen LogP) is 0.704. The average Bonchev–Trinajstić information content (AvgIpc) is 3.21. The van der Waals surface area contributed by atoms with E-state index in [4.69, 9.17) is 4.74 Å². The van der Waals surface area contributed by atoms with Crippen LogP contribution in [0.1, 0.15) is 39.5 Å². The van der Waals surface area contributed by atoms with Crippen molar-refractivity contribution in [2.75, 3.05) is 26.2 Å². The number of carbonyl (C=O) groups is 3. The first-order valence-corrected chi connectivity index (χ1v) is 7.23. The lowest BCUT2D eigenvalue weighted by Gasteiger charge is -2.22. The third-order valence-electron chi connectivity index (χ3n) is 3.11. The Labute approximate surface area is 119 Å². The minimum atomic E-state index is -0.275. The van der Waals surface area contributed by atoms with E-state index in [2.05, 4.69) is 5.32 Å². The van der Waals surface area contributed by atoms with Crippen molar-refractivity contribution in [3.05, 3.63) is 0 Å². The summed E-state index contributed by atoms with van der Waals surface area (Å²) in [5, 5.41) is 2.70. The van der Waals surface area contributed by atoms with Crippen molar-refractivity contribution in [3.63, 3.8) is 0 Å². The van der Waals surface area contributed by atoms with Crippen LogP contribution in [0.25, 0.3) is 0 Å². The molecule has 0 aliphatic heterocycles. The van der Waals surface area contributed by atoms with Crippen LogP contribution in [-0.2, 0) is 19.1 Å². The Bertz CT molecular complexity index is 353. The van der Waals surface area contributed by atoms with Gasteiger partial charge < -0.3 is 15.0 Å². The van der Waals surface area contributed by atoms with E-state index in [1.165, 1.54) is 6.92 Å². The van der Waals surface area contributed by atoms with E-state index >= 15 is 0 Å². The first-order chi connectivity index (χ1) is 9.54. The van der Waals surface area contributed by atoms with Gasteiger partial charge in [-0.25, -0.2) is 0 Å². The van der Waals surface area contributed by atoms with Gasteiger partial charge in [-0.15, -0.1) is 0 Å². The number of hydrogen-bond donors (Lipinski definition) is 1. The summed E-state index contributed by atoms with van der Waals surface area (Å²) < 4.78 is 4.87. The van der Waals surface area contributed by atoms with Gasteiger partial charge in [0, 0.05) is 32.5 Å². The predicted molar refractivity (Wildman–Crippen MR) is 73.9 cm³/mol. The van der Waals surface area contributed by atoms with Crippen molar-refractivity contribution in [3.8, 4) is 0 Å². The number of nitrogens with one attached hydrogen (secondary N) is 1. The highest BCUT2D eigenvalue weighted by Gasteiger charge is 2.33. The second-order valence-electron chi connectivity index (χ2n) is 4.99. The molecule has 6 nitrogen and oxygen atoms in total. The molecular formula is C14H24N2O4. The first-order valence-electron chi connectivity index (χ1n) is 7.23. The average molecular weight is 284 g/mol. The van der Waals surface area contributed by atoms with Gasteiger partial charge in [0.15, 0.2) is 0 Å². The highest BCUT2D eigenvalue weighted by molar-refractivity contribution is 5.81. The highest BCUT2D eigenvalue weighted by atomic mass is 16.5. The van der Waals surface area contributed by atoms with E-state index in [-0.39, 0.29) is 30.1 Å². The molecule has 1 rings (SSSR count). The minimum absolute atomic E-state index is 0.0726. The number of carbonyl (C=O) groups excluding carboxylic acids is 3.